The van der Waals surface area contributed by atoms with Gasteiger partial charge < -0.3 is 15.5 Å². The van der Waals surface area contributed by atoms with E-state index in [4.69, 9.17) is 0 Å². The molecular formula is C24H31N3O2. The first kappa shape index (κ1) is 20.9. The van der Waals surface area contributed by atoms with E-state index in [1.165, 1.54) is 5.56 Å². The van der Waals surface area contributed by atoms with Gasteiger partial charge in [0.2, 0.25) is 5.91 Å². The maximum Gasteiger partial charge on any atom is 0.253 e. The van der Waals surface area contributed by atoms with E-state index < -0.39 is 0 Å². The Morgan fingerprint density at radius 2 is 1.69 bits per heavy atom. The van der Waals surface area contributed by atoms with Crippen LogP contribution in [0.1, 0.15) is 46.8 Å². The van der Waals surface area contributed by atoms with Gasteiger partial charge in [-0.25, -0.2) is 0 Å². The molecule has 0 spiro atoms. The molecule has 2 N–H and O–H groups in total. The Bertz CT molecular complexity index is 876. The fourth-order valence-electron chi connectivity index (χ4n) is 3.90. The first-order chi connectivity index (χ1) is 13.8. The summed E-state index contributed by atoms with van der Waals surface area (Å²) in [7, 11) is 0. The molecule has 1 fully saturated rings. The van der Waals surface area contributed by atoms with Gasteiger partial charge in [0, 0.05) is 30.0 Å². The summed E-state index contributed by atoms with van der Waals surface area (Å²) >= 11 is 0. The third-order valence-corrected chi connectivity index (χ3v) is 5.57. The van der Waals surface area contributed by atoms with Gasteiger partial charge in [0.1, 0.15) is 0 Å². The van der Waals surface area contributed by atoms with Gasteiger partial charge in [0.25, 0.3) is 5.91 Å². The molecule has 0 aliphatic carbocycles. The monoisotopic (exact) mass is 393 g/mol. The lowest BCUT2D eigenvalue weighted by Crippen LogP contribution is -2.37. The molecule has 1 saturated heterocycles. The molecule has 5 nitrogen and oxygen atoms in total. The molecule has 0 saturated carbocycles. The summed E-state index contributed by atoms with van der Waals surface area (Å²) in [6.45, 7) is 10.1. The number of anilines is 2. The van der Waals surface area contributed by atoms with Crippen molar-refractivity contribution in [2.75, 3.05) is 30.3 Å². The van der Waals surface area contributed by atoms with Gasteiger partial charge in [0.15, 0.2) is 0 Å². The van der Waals surface area contributed by atoms with Crippen LogP contribution >= 0.6 is 0 Å². The zero-order valence-electron chi connectivity index (χ0n) is 17.8. The summed E-state index contributed by atoms with van der Waals surface area (Å²) in [4.78, 5) is 27.1. The van der Waals surface area contributed by atoms with Gasteiger partial charge in [-0.3, -0.25) is 9.59 Å². The van der Waals surface area contributed by atoms with Crippen molar-refractivity contribution in [3.63, 3.8) is 0 Å². The van der Waals surface area contributed by atoms with Gasteiger partial charge in [-0.05, 0) is 68.9 Å². The molecule has 3 rings (SSSR count). The van der Waals surface area contributed by atoms with Crippen molar-refractivity contribution in [3.8, 4) is 0 Å². The van der Waals surface area contributed by atoms with Crippen molar-refractivity contribution in [3.05, 3.63) is 58.7 Å². The quantitative estimate of drug-likeness (QED) is 0.784. The molecule has 5 heteroatoms. The van der Waals surface area contributed by atoms with Crippen LogP contribution in [0.3, 0.4) is 0 Å². The lowest BCUT2D eigenvalue weighted by Gasteiger charge is -2.30. The van der Waals surface area contributed by atoms with E-state index in [0.29, 0.717) is 11.5 Å². The van der Waals surface area contributed by atoms with Gasteiger partial charge in [0.05, 0.1) is 6.54 Å². The number of carbonyl (C=O) groups excluding carboxylic acids is 2. The number of nitrogens with one attached hydrogen (secondary N) is 2. The van der Waals surface area contributed by atoms with E-state index in [0.717, 1.165) is 48.4 Å². The molecule has 154 valence electrons. The third kappa shape index (κ3) is 5.37. The number of nitrogens with zero attached hydrogens (tertiary/aromatic N) is 1. The number of benzene rings is 2. The second kappa shape index (κ2) is 9.12. The zero-order chi connectivity index (χ0) is 21.0. The number of likely N-dealkylation sites (tertiary alicyclic amines) is 1. The van der Waals surface area contributed by atoms with E-state index >= 15 is 0 Å². The number of amides is 2. The van der Waals surface area contributed by atoms with E-state index in [-0.39, 0.29) is 18.4 Å². The second-order valence-electron chi connectivity index (χ2n) is 8.23. The Morgan fingerprint density at radius 1 is 1.03 bits per heavy atom. The molecule has 0 unspecified atom stereocenters. The van der Waals surface area contributed by atoms with Crippen LogP contribution in [0.25, 0.3) is 0 Å². The highest BCUT2D eigenvalue weighted by Crippen LogP contribution is 2.22. The normalized spacial score (nSPS) is 14.6. The standard InChI is InChI=1S/C24H31N3O2/c1-16-8-10-27(11-9-16)24(29)20-6-5-7-21(14-20)25-15-22(28)26-23-18(3)12-17(2)13-19(23)4/h5-7,12-14,16,25H,8-11,15H2,1-4H3,(H,26,28). The van der Waals surface area contributed by atoms with Gasteiger partial charge in [-0.1, -0.05) is 30.7 Å². The highest BCUT2D eigenvalue weighted by Gasteiger charge is 2.21. The Hall–Kier alpha value is -2.82. The number of hydrogen-bond acceptors (Lipinski definition) is 3. The highest BCUT2D eigenvalue weighted by molar-refractivity contribution is 5.97. The summed E-state index contributed by atoms with van der Waals surface area (Å²) in [6.07, 6.45) is 2.11. The Kier molecular flexibility index (Phi) is 6.57. The Balaban J connectivity index is 1.59. The fourth-order valence-corrected chi connectivity index (χ4v) is 3.90. The molecule has 1 aliphatic rings. The lowest BCUT2D eigenvalue weighted by molar-refractivity contribution is -0.114. The first-order valence-electron chi connectivity index (χ1n) is 10.3. The molecular weight excluding hydrogens is 362 g/mol. The fraction of sp³-hybridized carbons (Fsp3) is 0.417. The van der Waals surface area contributed by atoms with Crippen molar-refractivity contribution in [1.82, 2.24) is 4.90 Å². The number of carbonyl (C=O) groups is 2. The molecule has 29 heavy (non-hydrogen) atoms. The summed E-state index contributed by atoms with van der Waals surface area (Å²) in [6, 6.07) is 11.5. The average Bonchev–Trinajstić information content (AvgIpc) is 2.69. The number of aryl methyl sites for hydroxylation is 3. The van der Waals surface area contributed by atoms with Crippen LogP contribution < -0.4 is 10.6 Å². The van der Waals surface area contributed by atoms with Gasteiger partial charge in [-0.2, -0.15) is 0 Å². The van der Waals surface area contributed by atoms with E-state index in [1.807, 2.05) is 49.9 Å². The van der Waals surface area contributed by atoms with E-state index in [2.05, 4.69) is 29.7 Å². The maximum absolute atomic E-state index is 12.8. The average molecular weight is 394 g/mol. The molecule has 1 heterocycles. The lowest BCUT2D eigenvalue weighted by atomic mass is 9.98. The van der Waals surface area contributed by atoms with Crippen LogP contribution in [0.2, 0.25) is 0 Å². The molecule has 0 atom stereocenters. The third-order valence-electron chi connectivity index (χ3n) is 5.57. The number of hydrogen-bond donors (Lipinski definition) is 2. The van der Waals surface area contributed by atoms with Crippen molar-refractivity contribution >= 4 is 23.2 Å². The molecule has 2 amide bonds. The predicted octanol–water partition coefficient (Wildman–Crippen LogP) is 4.53. The minimum Gasteiger partial charge on any atom is -0.376 e. The molecule has 1 aliphatic heterocycles. The van der Waals surface area contributed by atoms with E-state index in [1.54, 1.807) is 0 Å². The van der Waals surface area contributed by atoms with Gasteiger partial charge >= 0.3 is 0 Å². The summed E-state index contributed by atoms with van der Waals surface area (Å²) in [5.74, 6) is 0.643. The SMILES string of the molecule is Cc1cc(C)c(NC(=O)CNc2cccc(C(=O)N3CCC(C)CC3)c2)c(C)c1. The molecule has 2 aromatic carbocycles. The van der Waals surface area contributed by atoms with E-state index in [9.17, 15) is 9.59 Å². The van der Waals surface area contributed by atoms with Crippen LogP contribution in [0.15, 0.2) is 36.4 Å². The second-order valence-corrected chi connectivity index (χ2v) is 8.23. The van der Waals surface area contributed by atoms with Crippen LogP contribution in [0.5, 0.6) is 0 Å². The van der Waals surface area contributed by atoms with Crippen LogP contribution in [-0.4, -0.2) is 36.3 Å². The van der Waals surface area contributed by atoms with Crippen molar-refractivity contribution < 1.29 is 9.59 Å². The maximum atomic E-state index is 12.8. The smallest absolute Gasteiger partial charge is 0.253 e. The van der Waals surface area contributed by atoms with Gasteiger partial charge in [-0.15, -0.1) is 0 Å². The predicted molar refractivity (Wildman–Crippen MR) is 119 cm³/mol. The molecule has 2 aromatic rings. The van der Waals surface area contributed by atoms with Crippen molar-refractivity contribution in [2.45, 2.75) is 40.5 Å². The number of piperidine rings is 1. The molecule has 0 bridgehead atoms. The van der Waals surface area contributed by atoms with Crippen molar-refractivity contribution in [1.29, 1.82) is 0 Å². The van der Waals surface area contributed by atoms with Crippen molar-refractivity contribution in [2.24, 2.45) is 5.92 Å². The molecule has 0 aromatic heterocycles. The summed E-state index contributed by atoms with van der Waals surface area (Å²) in [5, 5.41) is 6.13. The highest BCUT2D eigenvalue weighted by atomic mass is 16.2. The summed E-state index contributed by atoms with van der Waals surface area (Å²) in [5.41, 5.74) is 5.59. The topological polar surface area (TPSA) is 61.4 Å². The van der Waals surface area contributed by atoms with Crippen LogP contribution in [-0.2, 0) is 4.79 Å². The van der Waals surface area contributed by atoms with Crippen LogP contribution in [0, 0.1) is 26.7 Å². The Morgan fingerprint density at radius 3 is 2.34 bits per heavy atom. The summed E-state index contributed by atoms with van der Waals surface area (Å²) < 4.78 is 0. The minimum atomic E-state index is -0.109. The zero-order valence-corrected chi connectivity index (χ0v) is 17.8. The minimum absolute atomic E-state index is 0.0657. The first-order valence-corrected chi connectivity index (χ1v) is 10.3. The number of rotatable bonds is 5. The molecule has 0 radical (unpaired) electrons. The van der Waals surface area contributed by atoms with Crippen LogP contribution in [0.4, 0.5) is 11.4 Å². The Labute approximate surface area is 173 Å². The largest absolute Gasteiger partial charge is 0.376 e.